The summed E-state index contributed by atoms with van der Waals surface area (Å²) in [5.41, 5.74) is 1.10. The molecular weight excluding hydrogens is 331 g/mol. The van der Waals surface area contributed by atoms with Crippen molar-refractivity contribution in [2.45, 2.75) is 19.3 Å². The van der Waals surface area contributed by atoms with Gasteiger partial charge in [-0.05, 0) is 24.1 Å². The third-order valence-electron chi connectivity index (χ3n) is 4.89. The third kappa shape index (κ3) is 3.77. The number of nitrogens with zero attached hydrogens (tertiary/aromatic N) is 2. The van der Waals surface area contributed by atoms with Crippen LogP contribution in [0.2, 0.25) is 0 Å². The Balaban J connectivity index is 1.64. The number of carbonyl (C=O) groups excluding carboxylic acids is 2. The first-order valence-corrected chi connectivity index (χ1v) is 8.99. The van der Waals surface area contributed by atoms with Crippen LogP contribution in [0.4, 0.5) is 4.39 Å². The number of hydrogen-bond donors (Lipinski definition) is 0. The van der Waals surface area contributed by atoms with Gasteiger partial charge in [-0.2, -0.15) is 0 Å². The number of carbonyl (C=O) groups is 2. The van der Waals surface area contributed by atoms with Crippen LogP contribution >= 0.6 is 0 Å². The predicted molar refractivity (Wildman–Crippen MR) is 98.4 cm³/mol. The summed E-state index contributed by atoms with van der Waals surface area (Å²) in [7, 11) is 0. The van der Waals surface area contributed by atoms with Crippen LogP contribution in [-0.2, 0) is 4.79 Å². The van der Waals surface area contributed by atoms with Gasteiger partial charge in [0.05, 0.1) is 11.5 Å². The van der Waals surface area contributed by atoms with E-state index in [0.717, 1.165) is 12.0 Å². The minimum Gasteiger partial charge on any atom is -0.339 e. The highest BCUT2D eigenvalue weighted by Gasteiger charge is 2.29. The molecule has 1 aliphatic heterocycles. The van der Waals surface area contributed by atoms with Gasteiger partial charge in [-0.15, -0.1) is 0 Å². The number of hydrogen-bond acceptors (Lipinski definition) is 2. The maximum Gasteiger partial charge on any atom is 0.256 e. The Labute approximate surface area is 153 Å². The number of piperazine rings is 1. The summed E-state index contributed by atoms with van der Waals surface area (Å²) in [4.78, 5) is 28.8. The van der Waals surface area contributed by atoms with E-state index < -0.39 is 5.82 Å². The van der Waals surface area contributed by atoms with Crippen molar-refractivity contribution < 1.29 is 14.0 Å². The zero-order valence-electron chi connectivity index (χ0n) is 14.9. The standard InChI is InChI=1S/C21H23FN2O2/c1-2-17(16-8-4-3-5-9-16)20(25)23-12-14-24(15-13-23)21(26)18-10-6-7-11-19(18)22/h3-11,17H,2,12-15H2,1H3. The van der Waals surface area contributed by atoms with E-state index in [0.29, 0.717) is 26.2 Å². The van der Waals surface area contributed by atoms with Crippen LogP contribution in [0, 0.1) is 5.82 Å². The average molecular weight is 354 g/mol. The average Bonchev–Trinajstić information content (AvgIpc) is 2.69. The molecule has 0 saturated carbocycles. The van der Waals surface area contributed by atoms with Gasteiger partial charge >= 0.3 is 0 Å². The molecule has 0 bridgehead atoms. The molecule has 0 aromatic heterocycles. The zero-order valence-corrected chi connectivity index (χ0v) is 14.9. The third-order valence-corrected chi connectivity index (χ3v) is 4.89. The molecule has 3 rings (SSSR count). The highest BCUT2D eigenvalue weighted by atomic mass is 19.1. The van der Waals surface area contributed by atoms with Crippen LogP contribution in [0.5, 0.6) is 0 Å². The molecule has 136 valence electrons. The van der Waals surface area contributed by atoms with Gasteiger partial charge in [0.25, 0.3) is 5.91 Å². The normalized spacial score (nSPS) is 15.6. The van der Waals surface area contributed by atoms with Crippen LogP contribution in [0.25, 0.3) is 0 Å². The van der Waals surface area contributed by atoms with Gasteiger partial charge in [0.1, 0.15) is 5.82 Å². The fourth-order valence-electron chi connectivity index (χ4n) is 3.39. The highest BCUT2D eigenvalue weighted by molar-refractivity contribution is 5.94. The monoisotopic (exact) mass is 354 g/mol. The number of amides is 2. The summed E-state index contributed by atoms with van der Waals surface area (Å²) in [6.07, 6.45) is 0.733. The molecule has 2 aromatic rings. The van der Waals surface area contributed by atoms with Gasteiger partial charge in [-0.25, -0.2) is 4.39 Å². The lowest BCUT2D eigenvalue weighted by Gasteiger charge is -2.36. The van der Waals surface area contributed by atoms with E-state index >= 15 is 0 Å². The Bertz CT molecular complexity index is 771. The van der Waals surface area contributed by atoms with Crippen molar-refractivity contribution in [2.75, 3.05) is 26.2 Å². The van der Waals surface area contributed by atoms with E-state index in [1.807, 2.05) is 42.2 Å². The molecule has 0 N–H and O–H groups in total. The molecule has 4 nitrogen and oxygen atoms in total. The van der Waals surface area contributed by atoms with Crippen molar-refractivity contribution in [3.63, 3.8) is 0 Å². The van der Waals surface area contributed by atoms with Crippen molar-refractivity contribution in [3.8, 4) is 0 Å². The van der Waals surface area contributed by atoms with Crippen LogP contribution in [0.15, 0.2) is 54.6 Å². The highest BCUT2D eigenvalue weighted by Crippen LogP contribution is 2.23. The molecule has 1 heterocycles. The summed E-state index contributed by atoms with van der Waals surface area (Å²) in [5.74, 6) is -0.891. The van der Waals surface area contributed by atoms with Crippen LogP contribution in [0.1, 0.15) is 35.2 Å². The molecule has 5 heteroatoms. The van der Waals surface area contributed by atoms with Crippen molar-refractivity contribution in [2.24, 2.45) is 0 Å². The van der Waals surface area contributed by atoms with Gasteiger partial charge in [-0.3, -0.25) is 9.59 Å². The molecule has 0 aliphatic carbocycles. The summed E-state index contributed by atoms with van der Waals surface area (Å²) in [6.45, 7) is 3.80. The second-order valence-electron chi connectivity index (χ2n) is 6.47. The zero-order chi connectivity index (χ0) is 18.5. The molecule has 26 heavy (non-hydrogen) atoms. The topological polar surface area (TPSA) is 40.6 Å². The fraction of sp³-hybridized carbons (Fsp3) is 0.333. The van der Waals surface area contributed by atoms with E-state index in [4.69, 9.17) is 0 Å². The van der Waals surface area contributed by atoms with Crippen LogP contribution in [0.3, 0.4) is 0 Å². The fourth-order valence-corrected chi connectivity index (χ4v) is 3.39. The maximum absolute atomic E-state index is 13.8. The lowest BCUT2D eigenvalue weighted by molar-refractivity contribution is -0.134. The van der Waals surface area contributed by atoms with Gasteiger partial charge < -0.3 is 9.80 Å². The summed E-state index contributed by atoms with van der Waals surface area (Å²) >= 11 is 0. The van der Waals surface area contributed by atoms with Crippen LogP contribution < -0.4 is 0 Å². The second-order valence-corrected chi connectivity index (χ2v) is 6.47. The van der Waals surface area contributed by atoms with E-state index in [9.17, 15) is 14.0 Å². The van der Waals surface area contributed by atoms with Crippen molar-refractivity contribution in [1.29, 1.82) is 0 Å². The van der Waals surface area contributed by atoms with Gasteiger partial charge in [-0.1, -0.05) is 49.4 Å². The van der Waals surface area contributed by atoms with Gasteiger partial charge in [0.2, 0.25) is 5.91 Å². The van der Waals surface area contributed by atoms with Crippen molar-refractivity contribution in [1.82, 2.24) is 9.80 Å². The molecular formula is C21H23FN2O2. The molecule has 1 fully saturated rings. The minimum atomic E-state index is -0.508. The van der Waals surface area contributed by atoms with Gasteiger partial charge in [0.15, 0.2) is 0 Å². The first kappa shape index (κ1) is 18.1. The largest absolute Gasteiger partial charge is 0.339 e. The predicted octanol–water partition coefficient (Wildman–Crippen LogP) is 3.30. The summed E-state index contributed by atoms with van der Waals surface area (Å²) in [5, 5.41) is 0. The number of halogens is 1. The van der Waals surface area contributed by atoms with Gasteiger partial charge in [0, 0.05) is 26.2 Å². The molecule has 2 aromatic carbocycles. The molecule has 0 radical (unpaired) electrons. The van der Waals surface area contributed by atoms with E-state index in [-0.39, 0.29) is 23.3 Å². The smallest absolute Gasteiger partial charge is 0.256 e. The van der Waals surface area contributed by atoms with E-state index in [1.165, 1.54) is 12.1 Å². The quantitative estimate of drug-likeness (QED) is 0.845. The maximum atomic E-state index is 13.8. The minimum absolute atomic E-state index is 0.0861. The Morgan fingerprint density at radius 2 is 1.50 bits per heavy atom. The molecule has 1 unspecified atom stereocenters. The first-order valence-electron chi connectivity index (χ1n) is 8.99. The number of benzene rings is 2. The molecule has 1 aliphatic rings. The van der Waals surface area contributed by atoms with Crippen LogP contribution in [-0.4, -0.2) is 47.8 Å². The SMILES string of the molecule is CCC(C(=O)N1CCN(C(=O)c2ccccc2F)CC1)c1ccccc1. The Kier molecular flexibility index (Phi) is 5.66. The lowest BCUT2D eigenvalue weighted by atomic mass is 9.95. The second kappa shape index (κ2) is 8.13. The number of rotatable bonds is 4. The molecule has 2 amide bonds. The first-order chi connectivity index (χ1) is 12.6. The Hall–Kier alpha value is -2.69. The van der Waals surface area contributed by atoms with E-state index in [2.05, 4.69) is 0 Å². The van der Waals surface area contributed by atoms with Crippen molar-refractivity contribution in [3.05, 3.63) is 71.5 Å². The lowest BCUT2D eigenvalue weighted by Crippen LogP contribution is -2.51. The molecule has 1 atom stereocenters. The van der Waals surface area contributed by atoms with E-state index in [1.54, 1.807) is 17.0 Å². The molecule has 0 spiro atoms. The summed E-state index contributed by atoms with van der Waals surface area (Å²) < 4.78 is 13.8. The Morgan fingerprint density at radius 1 is 0.923 bits per heavy atom. The van der Waals surface area contributed by atoms with Crippen molar-refractivity contribution >= 4 is 11.8 Å². The Morgan fingerprint density at radius 3 is 2.12 bits per heavy atom. The molecule has 1 saturated heterocycles. The summed E-state index contributed by atoms with van der Waals surface area (Å²) in [6, 6.07) is 15.8.